The molecule has 2 aromatic carbocycles. The molecule has 1 atom stereocenters. The van der Waals surface area contributed by atoms with Crippen LogP contribution in [0.5, 0.6) is 0 Å². The first-order chi connectivity index (χ1) is 12.6. The molecule has 0 spiro atoms. The van der Waals surface area contributed by atoms with Crippen molar-refractivity contribution in [3.8, 4) is 11.8 Å². The van der Waals surface area contributed by atoms with Crippen LogP contribution in [0.1, 0.15) is 23.4 Å². The van der Waals surface area contributed by atoms with E-state index >= 15 is 0 Å². The summed E-state index contributed by atoms with van der Waals surface area (Å²) < 4.78 is 14.9. The third-order valence-corrected chi connectivity index (χ3v) is 4.69. The number of hydrogen-bond donors (Lipinski definition) is 1. The Kier molecular flexibility index (Phi) is 4.27. The fourth-order valence-electron chi connectivity index (χ4n) is 3.27. The lowest BCUT2D eigenvalue weighted by molar-refractivity contribution is 0.188. The maximum atomic E-state index is 13.2. The number of aryl methyl sites for hydroxylation is 1. The first kappa shape index (κ1) is 16.5. The van der Waals surface area contributed by atoms with Crippen molar-refractivity contribution in [1.29, 1.82) is 0 Å². The highest BCUT2D eigenvalue weighted by Gasteiger charge is 2.21. The topological polar surface area (TPSA) is 55.1 Å². The number of nitrogens with zero attached hydrogens (tertiary/aromatic N) is 2. The van der Waals surface area contributed by atoms with Crippen LogP contribution in [-0.4, -0.2) is 21.3 Å². The van der Waals surface area contributed by atoms with E-state index in [4.69, 9.17) is 0 Å². The minimum absolute atomic E-state index is 0.0761. The summed E-state index contributed by atoms with van der Waals surface area (Å²) in [6, 6.07) is 11.4. The second kappa shape index (κ2) is 6.74. The van der Waals surface area contributed by atoms with Crippen molar-refractivity contribution in [3.63, 3.8) is 0 Å². The number of aliphatic hydroxyl groups excluding tert-OH is 1. The molecule has 1 aromatic heterocycles. The van der Waals surface area contributed by atoms with E-state index in [-0.39, 0.29) is 23.9 Å². The molecule has 0 saturated heterocycles. The quantitative estimate of drug-likeness (QED) is 0.688. The fraction of sp³-hybridized carbons (Fsp3) is 0.238. The molecule has 0 amide bonds. The second-order valence-electron chi connectivity index (χ2n) is 6.52. The van der Waals surface area contributed by atoms with E-state index < -0.39 is 0 Å². The Balaban J connectivity index is 1.74. The Morgan fingerprint density at radius 3 is 2.77 bits per heavy atom. The van der Waals surface area contributed by atoms with Gasteiger partial charge < -0.3 is 5.11 Å². The van der Waals surface area contributed by atoms with Gasteiger partial charge in [0.25, 0.3) is 5.56 Å². The summed E-state index contributed by atoms with van der Waals surface area (Å²) in [7, 11) is 0. The molecule has 0 aliphatic carbocycles. The van der Waals surface area contributed by atoms with E-state index in [2.05, 4.69) is 16.8 Å². The Hall–Kier alpha value is -2.97. The number of fused-ring (bicyclic) bond motifs is 2. The summed E-state index contributed by atoms with van der Waals surface area (Å²) in [4.78, 5) is 17.4. The number of aromatic nitrogens is 2. The van der Waals surface area contributed by atoms with Gasteiger partial charge in [0.05, 0.1) is 10.9 Å². The van der Waals surface area contributed by atoms with Crippen LogP contribution in [0, 0.1) is 23.6 Å². The highest BCUT2D eigenvalue weighted by atomic mass is 19.1. The maximum absolute atomic E-state index is 13.2. The van der Waals surface area contributed by atoms with E-state index in [1.165, 1.54) is 12.1 Å². The zero-order chi connectivity index (χ0) is 18.1. The molecule has 4 nitrogen and oxygen atoms in total. The Morgan fingerprint density at radius 2 is 2.00 bits per heavy atom. The highest BCUT2D eigenvalue weighted by Crippen LogP contribution is 2.19. The van der Waals surface area contributed by atoms with Crippen molar-refractivity contribution in [3.05, 3.63) is 75.6 Å². The van der Waals surface area contributed by atoms with Crippen LogP contribution in [0.3, 0.4) is 0 Å². The molecule has 4 rings (SSSR count). The SMILES string of the molecule is O=c1c2ccc(C#Cc3cccc(F)c3)cc2nc2n1CC(CO)CC2. The fourth-order valence-corrected chi connectivity index (χ4v) is 3.27. The number of aliphatic hydroxyl groups is 1. The predicted molar refractivity (Wildman–Crippen MR) is 97.3 cm³/mol. The lowest BCUT2D eigenvalue weighted by Gasteiger charge is -2.24. The second-order valence-corrected chi connectivity index (χ2v) is 6.52. The van der Waals surface area contributed by atoms with Crippen LogP contribution in [0.4, 0.5) is 4.39 Å². The lowest BCUT2D eigenvalue weighted by atomic mass is 9.99. The van der Waals surface area contributed by atoms with Gasteiger partial charge in [-0.15, -0.1) is 0 Å². The summed E-state index contributed by atoms with van der Waals surface area (Å²) in [5.41, 5.74) is 1.86. The lowest BCUT2D eigenvalue weighted by Crippen LogP contribution is -2.33. The van der Waals surface area contributed by atoms with Crippen LogP contribution in [-0.2, 0) is 13.0 Å². The van der Waals surface area contributed by atoms with Crippen LogP contribution < -0.4 is 5.56 Å². The molecule has 5 heteroatoms. The summed E-state index contributed by atoms with van der Waals surface area (Å²) in [5, 5.41) is 9.90. The molecular formula is C21H17FN2O2. The van der Waals surface area contributed by atoms with Gasteiger partial charge in [0, 0.05) is 36.6 Å². The van der Waals surface area contributed by atoms with Gasteiger partial charge in [-0.25, -0.2) is 9.37 Å². The van der Waals surface area contributed by atoms with Crippen LogP contribution in [0.25, 0.3) is 10.9 Å². The molecular weight excluding hydrogens is 331 g/mol. The summed E-state index contributed by atoms with van der Waals surface area (Å²) >= 11 is 0. The summed E-state index contributed by atoms with van der Waals surface area (Å²) in [6.45, 7) is 0.591. The number of benzene rings is 2. The monoisotopic (exact) mass is 348 g/mol. The molecule has 0 fully saturated rings. The van der Waals surface area contributed by atoms with Gasteiger partial charge in [-0.2, -0.15) is 0 Å². The molecule has 1 unspecified atom stereocenters. The molecule has 0 saturated carbocycles. The smallest absolute Gasteiger partial charge is 0.261 e. The van der Waals surface area contributed by atoms with E-state index in [9.17, 15) is 14.3 Å². The zero-order valence-corrected chi connectivity index (χ0v) is 14.1. The number of halogens is 1. The molecule has 1 aliphatic heterocycles. The Morgan fingerprint density at radius 1 is 1.19 bits per heavy atom. The normalized spacial score (nSPS) is 16.0. The summed E-state index contributed by atoms with van der Waals surface area (Å²) in [6.07, 6.45) is 1.50. The average Bonchev–Trinajstić information content (AvgIpc) is 2.66. The van der Waals surface area contributed by atoms with E-state index in [0.29, 0.717) is 29.4 Å². The van der Waals surface area contributed by atoms with E-state index in [1.807, 2.05) is 0 Å². The molecule has 130 valence electrons. The van der Waals surface area contributed by atoms with E-state index in [1.54, 1.807) is 34.9 Å². The van der Waals surface area contributed by atoms with Crippen molar-refractivity contribution in [2.75, 3.05) is 6.61 Å². The van der Waals surface area contributed by atoms with Crippen molar-refractivity contribution in [1.82, 2.24) is 9.55 Å². The molecule has 0 bridgehead atoms. The molecule has 26 heavy (non-hydrogen) atoms. The van der Waals surface area contributed by atoms with Crippen LogP contribution in [0.15, 0.2) is 47.3 Å². The molecule has 2 heterocycles. The Bertz CT molecular complexity index is 1110. The van der Waals surface area contributed by atoms with Crippen LogP contribution >= 0.6 is 0 Å². The van der Waals surface area contributed by atoms with Gasteiger partial charge in [-0.05, 0) is 42.8 Å². The van der Waals surface area contributed by atoms with Gasteiger partial charge in [0.2, 0.25) is 0 Å². The summed E-state index contributed by atoms with van der Waals surface area (Å²) in [5.74, 6) is 6.46. The van der Waals surface area contributed by atoms with Crippen molar-refractivity contribution in [2.24, 2.45) is 5.92 Å². The molecule has 3 aromatic rings. The number of hydrogen-bond acceptors (Lipinski definition) is 3. The van der Waals surface area contributed by atoms with Gasteiger partial charge in [-0.1, -0.05) is 17.9 Å². The molecule has 1 aliphatic rings. The highest BCUT2D eigenvalue weighted by molar-refractivity contribution is 5.79. The first-order valence-corrected chi connectivity index (χ1v) is 8.56. The zero-order valence-electron chi connectivity index (χ0n) is 14.1. The van der Waals surface area contributed by atoms with Crippen molar-refractivity contribution < 1.29 is 9.50 Å². The van der Waals surface area contributed by atoms with Crippen molar-refractivity contribution in [2.45, 2.75) is 19.4 Å². The van der Waals surface area contributed by atoms with E-state index in [0.717, 1.165) is 17.8 Å². The van der Waals surface area contributed by atoms with Gasteiger partial charge in [-0.3, -0.25) is 9.36 Å². The molecule has 0 radical (unpaired) electrons. The molecule has 1 N–H and O–H groups in total. The minimum Gasteiger partial charge on any atom is -0.396 e. The minimum atomic E-state index is -0.321. The van der Waals surface area contributed by atoms with Gasteiger partial charge >= 0.3 is 0 Å². The van der Waals surface area contributed by atoms with Crippen LogP contribution in [0.2, 0.25) is 0 Å². The largest absolute Gasteiger partial charge is 0.396 e. The average molecular weight is 348 g/mol. The Labute approximate surface area is 149 Å². The maximum Gasteiger partial charge on any atom is 0.261 e. The number of rotatable bonds is 1. The predicted octanol–water partition coefficient (Wildman–Crippen LogP) is 2.49. The third-order valence-electron chi connectivity index (χ3n) is 4.69. The third kappa shape index (κ3) is 3.12. The van der Waals surface area contributed by atoms with Gasteiger partial charge in [0.1, 0.15) is 11.6 Å². The van der Waals surface area contributed by atoms with Crippen molar-refractivity contribution >= 4 is 10.9 Å². The first-order valence-electron chi connectivity index (χ1n) is 8.56. The standard InChI is InChI=1S/C21H17FN2O2/c22-17-3-1-2-14(10-17)4-5-15-6-8-18-19(11-15)23-20-9-7-16(13-25)12-24(20)21(18)26/h1-3,6,8,10-11,16,25H,7,9,12-13H2. The van der Waals surface area contributed by atoms with Gasteiger partial charge in [0.15, 0.2) is 0 Å².